The van der Waals surface area contributed by atoms with E-state index in [-0.39, 0.29) is 0 Å². The van der Waals surface area contributed by atoms with Crippen LogP contribution < -0.4 is 10.1 Å². The Bertz CT molecular complexity index is 336. The van der Waals surface area contributed by atoms with Gasteiger partial charge in [-0.05, 0) is 37.6 Å². The summed E-state index contributed by atoms with van der Waals surface area (Å²) < 4.78 is 5.27. The van der Waals surface area contributed by atoms with Crippen LogP contribution in [-0.4, -0.2) is 17.8 Å². The second-order valence-corrected chi connectivity index (χ2v) is 2.84. The van der Waals surface area contributed by atoms with Gasteiger partial charge in [-0.3, -0.25) is 5.32 Å². The maximum absolute atomic E-state index is 10.4. The molecule has 76 valence electrons. The molecule has 1 rings (SSSR count). The predicted molar refractivity (Wildman–Crippen MR) is 54.0 cm³/mol. The van der Waals surface area contributed by atoms with Crippen LogP contribution >= 0.6 is 0 Å². The molecule has 0 atom stereocenters. The van der Waals surface area contributed by atoms with Gasteiger partial charge < -0.3 is 9.84 Å². The van der Waals surface area contributed by atoms with Crippen molar-refractivity contribution in [2.75, 3.05) is 11.9 Å². The van der Waals surface area contributed by atoms with Crippen molar-refractivity contribution in [3.63, 3.8) is 0 Å². The van der Waals surface area contributed by atoms with Crippen LogP contribution in [0.3, 0.4) is 0 Å². The van der Waals surface area contributed by atoms with Crippen LogP contribution in [0.4, 0.5) is 10.5 Å². The SMILES string of the molecule is CCOc1ccc(NC(=O)O)c(C)c1. The summed E-state index contributed by atoms with van der Waals surface area (Å²) in [6.45, 7) is 4.33. The highest BCUT2D eigenvalue weighted by Gasteiger charge is 2.02. The molecule has 0 fully saturated rings. The number of aryl methyl sites for hydroxylation is 1. The average molecular weight is 195 g/mol. The van der Waals surface area contributed by atoms with Gasteiger partial charge in [0.1, 0.15) is 5.75 Å². The van der Waals surface area contributed by atoms with Crippen molar-refractivity contribution in [1.82, 2.24) is 0 Å². The van der Waals surface area contributed by atoms with Crippen molar-refractivity contribution < 1.29 is 14.6 Å². The first-order valence-electron chi connectivity index (χ1n) is 4.37. The number of ether oxygens (including phenoxy) is 1. The lowest BCUT2D eigenvalue weighted by atomic mass is 10.2. The lowest BCUT2D eigenvalue weighted by Crippen LogP contribution is -2.08. The third-order valence-electron chi connectivity index (χ3n) is 1.75. The Labute approximate surface area is 82.5 Å². The van der Waals surface area contributed by atoms with Crippen molar-refractivity contribution >= 4 is 11.8 Å². The largest absolute Gasteiger partial charge is 0.494 e. The van der Waals surface area contributed by atoms with Crippen LogP contribution in [0.2, 0.25) is 0 Å². The van der Waals surface area contributed by atoms with Crippen molar-refractivity contribution in [2.24, 2.45) is 0 Å². The predicted octanol–water partition coefficient (Wildman–Crippen LogP) is 2.48. The molecule has 0 saturated carbocycles. The highest BCUT2D eigenvalue weighted by atomic mass is 16.5. The average Bonchev–Trinajstić information content (AvgIpc) is 2.10. The molecule has 14 heavy (non-hydrogen) atoms. The molecule has 0 spiro atoms. The zero-order valence-corrected chi connectivity index (χ0v) is 8.20. The Hall–Kier alpha value is -1.71. The summed E-state index contributed by atoms with van der Waals surface area (Å²) in [5.74, 6) is 0.751. The quantitative estimate of drug-likeness (QED) is 0.778. The van der Waals surface area contributed by atoms with Gasteiger partial charge in [0.2, 0.25) is 0 Å². The number of amides is 1. The summed E-state index contributed by atoms with van der Waals surface area (Å²) in [7, 11) is 0. The molecule has 2 N–H and O–H groups in total. The summed E-state index contributed by atoms with van der Waals surface area (Å²) >= 11 is 0. The lowest BCUT2D eigenvalue weighted by molar-refractivity contribution is 0.209. The van der Waals surface area contributed by atoms with Crippen molar-refractivity contribution in [3.8, 4) is 5.75 Å². The molecule has 0 radical (unpaired) electrons. The van der Waals surface area contributed by atoms with E-state index < -0.39 is 6.09 Å². The van der Waals surface area contributed by atoms with Gasteiger partial charge in [0.05, 0.1) is 6.61 Å². The van der Waals surface area contributed by atoms with Gasteiger partial charge in [-0.25, -0.2) is 4.79 Å². The van der Waals surface area contributed by atoms with Crippen molar-refractivity contribution in [2.45, 2.75) is 13.8 Å². The number of carboxylic acid groups (broad SMARTS) is 1. The smallest absolute Gasteiger partial charge is 0.409 e. The maximum Gasteiger partial charge on any atom is 0.409 e. The molecular formula is C10H13NO3. The van der Waals surface area contributed by atoms with E-state index in [9.17, 15) is 4.79 Å². The van der Waals surface area contributed by atoms with Crippen LogP contribution in [0.1, 0.15) is 12.5 Å². The normalized spacial score (nSPS) is 9.57. The molecule has 0 aliphatic rings. The molecule has 0 unspecified atom stereocenters. The Morgan fingerprint density at radius 2 is 2.29 bits per heavy atom. The highest BCUT2D eigenvalue weighted by Crippen LogP contribution is 2.21. The molecule has 0 saturated heterocycles. The number of nitrogens with one attached hydrogen (secondary N) is 1. The summed E-state index contributed by atoms with van der Waals surface area (Å²) in [5.41, 5.74) is 1.43. The van der Waals surface area contributed by atoms with Crippen molar-refractivity contribution in [3.05, 3.63) is 23.8 Å². The number of hydrogen-bond acceptors (Lipinski definition) is 2. The van der Waals surface area contributed by atoms with E-state index in [4.69, 9.17) is 9.84 Å². The number of rotatable bonds is 3. The first-order chi connectivity index (χ1) is 6.63. The Balaban J connectivity index is 2.84. The molecule has 0 heterocycles. The minimum absolute atomic E-state index is 0.584. The third kappa shape index (κ3) is 2.65. The van der Waals surface area contributed by atoms with Gasteiger partial charge in [0.15, 0.2) is 0 Å². The number of carbonyl (C=O) groups is 1. The van der Waals surface area contributed by atoms with Crippen LogP contribution in [0.25, 0.3) is 0 Å². The Morgan fingerprint density at radius 3 is 2.79 bits per heavy atom. The fraction of sp³-hybridized carbons (Fsp3) is 0.300. The van der Waals surface area contributed by atoms with E-state index in [1.165, 1.54) is 0 Å². The second-order valence-electron chi connectivity index (χ2n) is 2.84. The molecule has 4 nitrogen and oxygen atoms in total. The number of hydrogen-bond donors (Lipinski definition) is 2. The van der Waals surface area contributed by atoms with Crippen LogP contribution in [0.15, 0.2) is 18.2 Å². The molecule has 0 aromatic heterocycles. The summed E-state index contributed by atoms with van der Waals surface area (Å²) in [6, 6.07) is 5.23. The van der Waals surface area contributed by atoms with Crippen molar-refractivity contribution in [1.29, 1.82) is 0 Å². The molecule has 0 bridgehead atoms. The Kier molecular flexibility index (Phi) is 3.34. The zero-order chi connectivity index (χ0) is 10.6. The molecule has 1 aromatic carbocycles. The van der Waals surface area contributed by atoms with Crippen LogP contribution in [0.5, 0.6) is 5.75 Å². The Morgan fingerprint density at radius 1 is 1.57 bits per heavy atom. The third-order valence-corrected chi connectivity index (χ3v) is 1.75. The summed E-state index contributed by atoms with van der Waals surface area (Å²) in [4.78, 5) is 10.4. The van der Waals surface area contributed by atoms with E-state index in [1.54, 1.807) is 18.2 Å². The molecule has 1 aromatic rings. The fourth-order valence-corrected chi connectivity index (χ4v) is 1.15. The molecule has 0 aliphatic carbocycles. The topological polar surface area (TPSA) is 58.6 Å². The number of benzene rings is 1. The first kappa shape index (κ1) is 10.4. The minimum atomic E-state index is -1.06. The van der Waals surface area contributed by atoms with E-state index in [1.807, 2.05) is 13.8 Å². The maximum atomic E-state index is 10.4. The fourth-order valence-electron chi connectivity index (χ4n) is 1.15. The van der Waals surface area contributed by atoms with E-state index >= 15 is 0 Å². The molecule has 1 amide bonds. The molecular weight excluding hydrogens is 182 g/mol. The first-order valence-corrected chi connectivity index (χ1v) is 4.37. The monoisotopic (exact) mass is 195 g/mol. The van der Waals surface area contributed by atoms with Crippen LogP contribution in [0, 0.1) is 6.92 Å². The van der Waals surface area contributed by atoms with Gasteiger partial charge >= 0.3 is 6.09 Å². The zero-order valence-electron chi connectivity index (χ0n) is 8.20. The summed E-state index contributed by atoms with van der Waals surface area (Å²) in [6.07, 6.45) is -1.06. The van der Waals surface area contributed by atoms with E-state index in [0.717, 1.165) is 11.3 Å². The van der Waals surface area contributed by atoms with Crippen LogP contribution in [-0.2, 0) is 0 Å². The standard InChI is InChI=1S/C10H13NO3/c1-3-14-8-4-5-9(7(2)6-8)11-10(12)13/h4-6,11H,3H2,1-2H3,(H,12,13). The highest BCUT2D eigenvalue weighted by molar-refractivity contribution is 5.84. The van der Waals surface area contributed by atoms with E-state index in [2.05, 4.69) is 5.32 Å². The van der Waals surface area contributed by atoms with Gasteiger partial charge in [-0.1, -0.05) is 0 Å². The minimum Gasteiger partial charge on any atom is -0.494 e. The summed E-state index contributed by atoms with van der Waals surface area (Å²) in [5, 5.41) is 10.8. The van der Waals surface area contributed by atoms with Gasteiger partial charge in [-0.2, -0.15) is 0 Å². The van der Waals surface area contributed by atoms with Gasteiger partial charge in [0, 0.05) is 5.69 Å². The van der Waals surface area contributed by atoms with Gasteiger partial charge in [0.25, 0.3) is 0 Å². The lowest BCUT2D eigenvalue weighted by Gasteiger charge is -2.08. The van der Waals surface area contributed by atoms with Gasteiger partial charge in [-0.15, -0.1) is 0 Å². The number of anilines is 1. The second kappa shape index (κ2) is 4.50. The van der Waals surface area contributed by atoms with E-state index in [0.29, 0.717) is 12.3 Å². The molecule has 0 aliphatic heterocycles. The molecule has 4 heteroatoms.